The average Bonchev–Trinajstić information content (AvgIpc) is 3.04. The number of nitrogens with one attached hydrogen (secondary N) is 1. The fourth-order valence-electron chi connectivity index (χ4n) is 2.64. The molecule has 1 N–H and O–H groups in total. The molecule has 0 fully saturated rings. The highest BCUT2D eigenvalue weighted by Crippen LogP contribution is 2.28. The van der Waals surface area contributed by atoms with E-state index in [-0.39, 0.29) is 0 Å². The van der Waals surface area contributed by atoms with Crippen LogP contribution in [0.5, 0.6) is 0 Å². The van der Waals surface area contributed by atoms with Crippen LogP contribution < -0.4 is 5.32 Å². The molecule has 94 valence electrons. The van der Waals surface area contributed by atoms with Crippen molar-refractivity contribution in [2.45, 2.75) is 20.0 Å². The Morgan fingerprint density at radius 2 is 2.00 bits per heavy atom. The summed E-state index contributed by atoms with van der Waals surface area (Å²) in [5, 5.41) is 3.35. The summed E-state index contributed by atoms with van der Waals surface area (Å²) in [5.41, 5.74) is 6.73. The molecular weight excluding hydrogens is 236 g/mol. The lowest BCUT2D eigenvalue weighted by molar-refractivity contribution is 0.619. The van der Waals surface area contributed by atoms with Crippen molar-refractivity contribution in [3.63, 3.8) is 0 Å². The molecule has 0 radical (unpaired) electrons. The van der Waals surface area contributed by atoms with Gasteiger partial charge in [-0.15, -0.1) is 0 Å². The Balaban J connectivity index is 1.88. The molecule has 3 nitrogen and oxygen atoms in total. The number of fused-ring (bicyclic) bond motifs is 2. The monoisotopic (exact) mass is 250 g/mol. The zero-order chi connectivity index (χ0) is 12.8. The number of benzene rings is 2. The predicted molar refractivity (Wildman–Crippen MR) is 74.7 cm³/mol. The third-order valence-corrected chi connectivity index (χ3v) is 3.70. The Bertz CT molecular complexity index is 774. The molecule has 2 heterocycles. The van der Waals surface area contributed by atoms with Gasteiger partial charge in [0.05, 0.1) is 0 Å². The van der Waals surface area contributed by atoms with Gasteiger partial charge in [-0.3, -0.25) is 0 Å². The lowest BCUT2D eigenvalue weighted by Gasteiger charge is -2.00. The van der Waals surface area contributed by atoms with E-state index in [1.807, 2.05) is 12.1 Å². The average molecular weight is 250 g/mol. The zero-order valence-corrected chi connectivity index (χ0v) is 10.7. The summed E-state index contributed by atoms with van der Waals surface area (Å²) in [6.45, 7) is 3.95. The SMILES string of the molecule is Cc1cccc2oc(-c3ccc4c(c3)CNC4)nc12. The maximum atomic E-state index is 5.86. The summed E-state index contributed by atoms with van der Waals surface area (Å²) in [6.07, 6.45) is 0. The van der Waals surface area contributed by atoms with Gasteiger partial charge in [0.25, 0.3) is 0 Å². The fourth-order valence-corrected chi connectivity index (χ4v) is 2.64. The van der Waals surface area contributed by atoms with E-state index in [9.17, 15) is 0 Å². The summed E-state index contributed by atoms with van der Waals surface area (Å²) in [5.74, 6) is 0.707. The van der Waals surface area contributed by atoms with E-state index in [1.54, 1.807) is 0 Å². The van der Waals surface area contributed by atoms with Crippen LogP contribution in [-0.4, -0.2) is 4.98 Å². The highest BCUT2D eigenvalue weighted by atomic mass is 16.3. The summed E-state index contributed by atoms with van der Waals surface area (Å²) in [7, 11) is 0. The van der Waals surface area contributed by atoms with Gasteiger partial charge in [0.15, 0.2) is 5.58 Å². The van der Waals surface area contributed by atoms with Gasteiger partial charge in [-0.1, -0.05) is 18.2 Å². The Kier molecular flexibility index (Phi) is 2.23. The molecule has 0 bridgehead atoms. The van der Waals surface area contributed by atoms with Crippen molar-refractivity contribution in [1.82, 2.24) is 10.3 Å². The van der Waals surface area contributed by atoms with Crippen molar-refractivity contribution < 1.29 is 4.42 Å². The highest BCUT2D eigenvalue weighted by molar-refractivity contribution is 5.79. The normalized spacial score (nSPS) is 13.9. The highest BCUT2D eigenvalue weighted by Gasteiger charge is 2.14. The van der Waals surface area contributed by atoms with Crippen LogP contribution in [0.25, 0.3) is 22.6 Å². The Hall–Kier alpha value is -2.13. The van der Waals surface area contributed by atoms with E-state index in [2.05, 4.69) is 41.5 Å². The third-order valence-electron chi connectivity index (χ3n) is 3.70. The van der Waals surface area contributed by atoms with Crippen LogP contribution in [0.4, 0.5) is 0 Å². The van der Waals surface area contributed by atoms with E-state index < -0.39 is 0 Å². The first-order valence-corrected chi connectivity index (χ1v) is 6.50. The smallest absolute Gasteiger partial charge is 0.227 e. The van der Waals surface area contributed by atoms with Crippen LogP contribution >= 0.6 is 0 Å². The van der Waals surface area contributed by atoms with E-state index in [0.717, 1.165) is 35.3 Å². The molecule has 1 aliphatic heterocycles. The number of nitrogens with zero attached hydrogens (tertiary/aromatic N) is 1. The van der Waals surface area contributed by atoms with Crippen molar-refractivity contribution in [2.75, 3.05) is 0 Å². The van der Waals surface area contributed by atoms with Crippen LogP contribution in [0.3, 0.4) is 0 Å². The quantitative estimate of drug-likeness (QED) is 0.719. The van der Waals surface area contributed by atoms with Gasteiger partial charge in [-0.05, 0) is 41.8 Å². The number of rotatable bonds is 1. The second-order valence-corrected chi connectivity index (χ2v) is 5.03. The molecule has 1 aromatic heterocycles. The molecular formula is C16H14N2O. The van der Waals surface area contributed by atoms with E-state index >= 15 is 0 Å². The van der Waals surface area contributed by atoms with Crippen LogP contribution in [0, 0.1) is 6.92 Å². The van der Waals surface area contributed by atoms with E-state index in [0.29, 0.717) is 5.89 Å². The lowest BCUT2D eigenvalue weighted by atomic mass is 10.1. The zero-order valence-electron chi connectivity index (χ0n) is 10.7. The number of hydrogen-bond acceptors (Lipinski definition) is 3. The minimum Gasteiger partial charge on any atom is -0.436 e. The minimum absolute atomic E-state index is 0.707. The molecule has 0 saturated heterocycles. The second-order valence-electron chi connectivity index (χ2n) is 5.03. The Morgan fingerprint density at radius 1 is 1.11 bits per heavy atom. The summed E-state index contributed by atoms with van der Waals surface area (Å²) in [4.78, 5) is 4.62. The van der Waals surface area contributed by atoms with Crippen LogP contribution in [-0.2, 0) is 13.1 Å². The van der Waals surface area contributed by atoms with Gasteiger partial charge in [-0.25, -0.2) is 4.98 Å². The second kappa shape index (κ2) is 3.93. The molecule has 3 heteroatoms. The molecule has 1 aliphatic rings. The fraction of sp³-hybridized carbons (Fsp3) is 0.188. The van der Waals surface area contributed by atoms with Crippen LogP contribution in [0.2, 0.25) is 0 Å². The maximum Gasteiger partial charge on any atom is 0.227 e. The number of hydrogen-bond donors (Lipinski definition) is 1. The molecule has 0 unspecified atom stereocenters. The predicted octanol–water partition coefficient (Wildman–Crippen LogP) is 3.41. The van der Waals surface area contributed by atoms with Crippen LogP contribution in [0.1, 0.15) is 16.7 Å². The van der Waals surface area contributed by atoms with Gasteiger partial charge in [0.2, 0.25) is 5.89 Å². The van der Waals surface area contributed by atoms with Crippen molar-refractivity contribution in [2.24, 2.45) is 0 Å². The first-order valence-electron chi connectivity index (χ1n) is 6.50. The topological polar surface area (TPSA) is 38.1 Å². The van der Waals surface area contributed by atoms with Gasteiger partial charge < -0.3 is 9.73 Å². The van der Waals surface area contributed by atoms with E-state index in [4.69, 9.17) is 4.42 Å². The Labute approximate surface area is 111 Å². The lowest BCUT2D eigenvalue weighted by Crippen LogP contribution is -1.99. The molecule has 4 rings (SSSR count). The van der Waals surface area contributed by atoms with Gasteiger partial charge >= 0.3 is 0 Å². The van der Waals surface area contributed by atoms with Crippen molar-refractivity contribution in [1.29, 1.82) is 0 Å². The molecule has 0 atom stereocenters. The molecule has 0 saturated carbocycles. The van der Waals surface area contributed by atoms with Crippen molar-refractivity contribution in [3.05, 3.63) is 53.1 Å². The number of oxazole rings is 1. The summed E-state index contributed by atoms with van der Waals surface area (Å²) < 4.78 is 5.86. The number of para-hydroxylation sites is 1. The standard InChI is InChI=1S/C16H14N2O/c1-10-3-2-4-14-15(10)18-16(19-14)11-5-6-12-8-17-9-13(12)7-11/h2-7,17H,8-9H2,1H3. The molecule has 3 aromatic rings. The van der Waals surface area contributed by atoms with Crippen molar-refractivity contribution in [3.8, 4) is 11.5 Å². The van der Waals surface area contributed by atoms with Gasteiger partial charge in [0.1, 0.15) is 5.52 Å². The van der Waals surface area contributed by atoms with Crippen LogP contribution in [0.15, 0.2) is 40.8 Å². The minimum atomic E-state index is 0.707. The number of aromatic nitrogens is 1. The summed E-state index contributed by atoms with van der Waals surface area (Å²) >= 11 is 0. The van der Waals surface area contributed by atoms with Gasteiger partial charge in [-0.2, -0.15) is 0 Å². The molecule has 0 spiro atoms. The Morgan fingerprint density at radius 3 is 2.89 bits per heavy atom. The number of aryl methyl sites for hydroxylation is 1. The van der Waals surface area contributed by atoms with Crippen molar-refractivity contribution >= 4 is 11.1 Å². The van der Waals surface area contributed by atoms with E-state index in [1.165, 1.54) is 11.1 Å². The molecule has 2 aromatic carbocycles. The third kappa shape index (κ3) is 1.66. The molecule has 0 amide bonds. The first kappa shape index (κ1) is 10.8. The molecule has 19 heavy (non-hydrogen) atoms. The first-order chi connectivity index (χ1) is 9.31. The largest absolute Gasteiger partial charge is 0.436 e. The maximum absolute atomic E-state index is 5.86. The summed E-state index contributed by atoms with van der Waals surface area (Å²) in [6, 6.07) is 12.4. The van der Waals surface area contributed by atoms with Gasteiger partial charge in [0, 0.05) is 18.7 Å². The molecule has 0 aliphatic carbocycles.